The van der Waals surface area contributed by atoms with Gasteiger partial charge in [0.15, 0.2) is 0 Å². The number of carbonyl (C=O) groups excluding carboxylic acids is 4. The molecule has 1 saturated heterocycles. The molecule has 4 aromatic rings. The van der Waals surface area contributed by atoms with Crippen molar-refractivity contribution in [1.82, 2.24) is 25.6 Å². The van der Waals surface area contributed by atoms with Crippen LogP contribution in [0.3, 0.4) is 0 Å². The SMILES string of the molecule is Cc1ccc(NC(=O)c2ccc(CNC(=O)C3(C)CC4(C)CC(C)(C3)C(=O)NC4=O)cc2)cc1Nc1nccc(-c2cccnc2)n1. The van der Waals surface area contributed by atoms with Crippen LogP contribution in [0.5, 0.6) is 0 Å². The van der Waals surface area contributed by atoms with E-state index in [1.807, 2.05) is 64.1 Å². The van der Waals surface area contributed by atoms with Gasteiger partial charge in [-0.15, -0.1) is 0 Å². The molecule has 4 amide bonds. The lowest BCUT2D eigenvalue weighted by Gasteiger charge is -2.53. The number of benzene rings is 2. The van der Waals surface area contributed by atoms with E-state index in [0.29, 0.717) is 36.5 Å². The summed E-state index contributed by atoms with van der Waals surface area (Å²) in [5.41, 5.74) is 2.76. The Bertz CT molecular complexity index is 1850. The minimum absolute atomic E-state index is 0.197. The number of anilines is 3. The number of pyridine rings is 1. The number of rotatable bonds is 8. The summed E-state index contributed by atoms with van der Waals surface area (Å²) < 4.78 is 0. The predicted molar refractivity (Wildman–Crippen MR) is 177 cm³/mol. The zero-order valence-electron chi connectivity index (χ0n) is 26.8. The predicted octanol–water partition coefficient (Wildman–Crippen LogP) is 5.32. The van der Waals surface area contributed by atoms with Crippen molar-refractivity contribution in [3.63, 3.8) is 0 Å². The van der Waals surface area contributed by atoms with Gasteiger partial charge in [0.1, 0.15) is 0 Å². The number of hydrogen-bond acceptors (Lipinski definition) is 8. The molecular weight excluding hydrogens is 594 g/mol. The largest absolute Gasteiger partial charge is 0.352 e. The molecule has 11 nitrogen and oxygen atoms in total. The third kappa shape index (κ3) is 6.46. The maximum absolute atomic E-state index is 13.4. The van der Waals surface area contributed by atoms with Gasteiger partial charge in [0, 0.05) is 63.9 Å². The summed E-state index contributed by atoms with van der Waals surface area (Å²) in [5, 5.41) is 11.7. The number of fused-ring (bicyclic) bond motifs is 2. The van der Waals surface area contributed by atoms with E-state index in [-0.39, 0.29) is 30.2 Å². The summed E-state index contributed by atoms with van der Waals surface area (Å²) in [4.78, 5) is 64.9. The summed E-state index contributed by atoms with van der Waals surface area (Å²) in [7, 11) is 0. The number of aryl methyl sites for hydroxylation is 1. The van der Waals surface area contributed by atoms with Crippen LogP contribution in [0.25, 0.3) is 11.3 Å². The highest BCUT2D eigenvalue weighted by Gasteiger charge is 2.60. The molecule has 2 fully saturated rings. The van der Waals surface area contributed by atoms with E-state index in [4.69, 9.17) is 0 Å². The van der Waals surface area contributed by atoms with Crippen LogP contribution in [0.4, 0.5) is 17.3 Å². The second-order valence-corrected chi connectivity index (χ2v) is 13.5. The van der Waals surface area contributed by atoms with Crippen LogP contribution in [0.1, 0.15) is 61.5 Å². The Hall–Kier alpha value is -5.45. The van der Waals surface area contributed by atoms with Crippen molar-refractivity contribution in [2.75, 3.05) is 10.6 Å². The molecule has 11 heteroatoms. The summed E-state index contributed by atoms with van der Waals surface area (Å²) in [5.74, 6) is -0.686. The Morgan fingerprint density at radius 3 is 2.30 bits per heavy atom. The standard InChI is InChI=1S/C36H37N7O4/c1-22-7-12-26(16-28(22)42-33-38-15-13-27(41-33)25-6-5-14-37-18-25)40-29(44)24-10-8-23(9-11-24)17-39-30(45)34(2)19-35(3)21-36(4,20-34)32(47)43-31(35)46/h5-16,18H,17,19-21H2,1-4H3,(H,39,45)(H,40,44)(H,38,41,42)(H,43,46,47). The fourth-order valence-electron chi connectivity index (χ4n) is 7.08. The van der Waals surface area contributed by atoms with Crippen molar-refractivity contribution < 1.29 is 19.2 Å². The molecule has 2 aromatic heterocycles. The van der Waals surface area contributed by atoms with Crippen molar-refractivity contribution in [3.8, 4) is 11.3 Å². The van der Waals surface area contributed by atoms with Gasteiger partial charge in [-0.25, -0.2) is 9.97 Å². The van der Waals surface area contributed by atoms with Gasteiger partial charge in [-0.2, -0.15) is 0 Å². The highest BCUT2D eigenvalue weighted by atomic mass is 16.2. The van der Waals surface area contributed by atoms with E-state index >= 15 is 0 Å². The Labute approximate surface area is 273 Å². The minimum Gasteiger partial charge on any atom is -0.352 e. The van der Waals surface area contributed by atoms with Gasteiger partial charge in [0.05, 0.1) is 5.69 Å². The first-order valence-corrected chi connectivity index (χ1v) is 15.5. The molecule has 240 valence electrons. The average molecular weight is 632 g/mol. The van der Waals surface area contributed by atoms with Crippen molar-refractivity contribution in [1.29, 1.82) is 0 Å². The highest BCUT2D eigenvalue weighted by molar-refractivity contribution is 6.05. The van der Waals surface area contributed by atoms with E-state index in [9.17, 15) is 19.2 Å². The molecule has 3 heterocycles. The molecule has 1 aliphatic heterocycles. The second kappa shape index (κ2) is 12.1. The zero-order chi connectivity index (χ0) is 33.4. The molecule has 47 heavy (non-hydrogen) atoms. The van der Waals surface area contributed by atoms with Crippen molar-refractivity contribution in [2.45, 2.75) is 53.5 Å². The van der Waals surface area contributed by atoms with Gasteiger partial charge in [0.2, 0.25) is 23.7 Å². The minimum atomic E-state index is -0.870. The van der Waals surface area contributed by atoms with E-state index in [0.717, 1.165) is 28.1 Å². The normalized spacial score (nSPS) is 23.4. The molecule has 4 N–H and O–H groups in total. The second-order valence-electron chi connectivity index (χ2n) is 13.5. The highest BCUT2D eigenvalue weighted by Crippen LogP contribution is 2.56. The van der Waals surface area contributed by atoms with Crippen LogP contribution in [0, 0.1) is 23.2 Å². The van der Waals surface area contributed by atoms with Gasteiger partial charge in [-0.05, 0) is 79.8 Å². The van der Waals surface area contributed by atoms with Crippen molar-refractivity contribution in [2.24, 2.45) is 16.2 Å². The summed E-state index contributed by atoms with van der Waals surface area (Å²) in [6.07, 6.45) is 6.29. The Kier molecular flexibility index (Phi) is 8.08. The fraction of sp³-hybridized carbons (Fsp3) is 0.306. The van der Waals surface area contributed by atoms with Gasteiger partial charge in [-0.1, -0.05) is 39.0 Å². The summed E-state index contributed by atoms with van der Waals surface area (Å²) >= 11 is 0. The summed E-state index contributed by atoms with van der Waals surface area (Å²) in [6, 6.07) is 18.2. The number of amides is 4. The summed E-state index contributed by atoms with van der Waals surface area (Å²) in [6.45, 7) is 7.68. The lowest BCUT2D eigenvalue weighted by molar-refractivity contribution is -0.164. The molecule has 1 saturated carbocycles. The monoisotopic (exact) mass is 631 g/mol. The first-order valence-electron chi connectivity index (χ1n) is 15.5. The molecule has 6 rings (SSSR count). The molecule has 2 unspecified atom stereocenters. The average Bonchev–Trinajstić information content (AvgIpc) is 3.05. The Balaban J connectivity index is 1.07. The topological polar surface area (TPSA) is 155 Å². The third-order valence-corrected chi connectivity index (χ3v) is 9.24. The first kappa shape index (κ1) is 31.5. The number of aromatic nitrogens is 3. The smallest absolute Gasteiger partial charge is 0.255 e. The molecular formula is C36H37N7O4. The molecule has 2 aromatic carbocycles. The molecule has 2 bridgehead atoms. The Morgan fingerprint density at radius 2 is 1.62 bits per heavy atom. The van der Waals surface area contributed by atoms with Crippen molar-refractivity contribution >= 4 is 41.0 Å². The molecule has 2 aliphatic rings. The van der Waals surface area contributed by atoms with E-state index in [1.165, 1.54) is 0 Å². The quantitative estimate of drug-likeness (QED) is 0.191. The molecule has 1 aliphatic carbocycles. The van der Waals surface area contributed by atoms with Crippen molar-refractivity contribution in [3.05, 3.63) is 95.9 Å². The number of nitrogens with zero attached hydrogens (tertiary/aromatic N) is 3. The number of piperidine rings is 1. The molecule has 2 atom stereocenters. The van der Waals surface area contributed by atoms with E-state index < -0.39 is 16.2 Å². The van der Waals surface area contributed by atoms with Gasteiger partial charge >= 0.3 is 0 Å². The number of imide groups is 1. The molecule has 0 spiro atoms. The fourth-order valence-corrected chi connectivity index (χ4v) is 7.08. The maximum atomic E-state index is 13.4. The van der Waals surface area contributed by atoms with Gasteiger partial charge < -0.3 is 16.0 Å². The van der Waals surface area contributed by atoms with Crippen LogP contribution in [0.2, 0.25) is 0 Å². The van der Waals surface area contributed by atoms with Gasteiger partial charge in [0.25, 0.3) is 5.91 Å². The third-order valence-electron chi connectivity index (χ3n) is 9.24. The maximum Gasteiger partial charge on any atom is 0.255 e. The number of hydrogen-bond donors (Lipinski definition) is 4. The molecule has 0 radical (unpaired) electrons. The van der Waals surface area contributed by atoms with Crippen LogP contribution < -0.4 is 21.3 Å². The Morgan fingerprint density at radius 1 is 0.894 bits per heavy atom. The van der Waals surface area contributed by atoms with Crippen LogP contribution in [-0.4, -0.2) is 38.6 Å². The van der Waals surface area contributed by atoms with E-state index in [2.05, 4.69) is 36.2 Å². The zero-order valence-corrected chi connectivity index (χ0v) is 26.8. The van der Waals surface area contributed by atoms with Gasteiger partial charge in [-0.3, -0.25) is 29.5 Å². The first-order chi connectivity index (χ1) is 22.4. The van der Waals surface area contributed by atoms with E-state index in [1.54, 1.807) is 42.9 Å². The number of carbonyl (C=O) groups is 4. The van der Waals surface area contributed by atoms with Crippen LogP contribution >= 0.6 is 0 Å². The van der Waals surface area contributed by atoms with Crippen LogP contribution in [0.15, 0.2) is 79.3 Å². The number of nitrogens with one attached hydrogen (secondary N) is 4. The van der Waals surface area contributed by atoms with Crippen LogP contribution in [-0.2, 0) is 20.9 Å². The lowest BCUT2D eigenvalue weighted by atomic mass is 9.52. The lowest BCUT2D eigenvalue weighted by Crippen LogP contribution is -2.63.